The molecule has 0 saturated carbocycles. The predicted molar refractivity (Wildman–Crippen MR) is 155 cm³/mol. The SMILES string of the molecule is COCCN1CC(=O)NC(C(=O)N2CCCN(C(C)C)CC2)Cc2ccc(cc2)OCC(=O)N[C@@H](CC(C)C)C1=O. The number of fused-ring (bicyclic) bond motifs is 13. The van der Waals surface area contributed by atoms with Crippen molar-refractivity contribution in [3.63, 3.8) is 0 Å². The molecule has 11 heteroatoms. The van der Waals surface area contributed by atoms with Gasteiger partial charge in [0.1, 0.15) is 17.8 Å². The number of hydrogen-bond acceptors (Lipinski definition) is 7. The molecular formula is C30H47N5O6. The van der Waals surface area contributed by atoms with Crippen LogP contribution in [-0.2, 0) is 30.3 Å². The van der Waals surface area contributed by atoms with Crippen LogP contribution < -0.4 is 15.4 Å². The second-order valence-electron chi connectivity index (χ2n) is 11.6. The van der Waals surface area contributed by atoms with Crippen LogP contribution in [0.4, 0.5) is 0 Å². The minimum atomic E-state index is -0.829. The van der Waals surface area contributed by atoms with Gasteiger partial charge in [-0.3, -0.25) is 24.1 Å². The van der Waals surface area contributed by atoms with E-state index >= 15 is 0 Å². The number of amides is 4. The second-order valence-corrected chi connectivity index (χ2v) is 11.6. The largest absolute Gasteiger partial charge is 0.484 e. The number of hydrogen-bond donors (Lipinski definition) is 2. The molecule has 1 aromatic rings. The van der Waals surface area contributed by atoms with Gasteiger partial charge >= 0.3 is 0 Å². The number of rotatable bonds is 7. The summed E-state index contributed by atoms with van der Waals surface area (Å²) < 4.78 is 10.9. The molecule has 0 aromatic heterocycles. The summed E-state index contributed by atoms with van der Waals surface area (Å²) in [5.74, 6) is -0.756. The number of nitrogens with one attached hydrogen (secondary N) is 2. The van der Waals surface area contributed by atoms with E-state index in [0.29, 0.717) is 31.3 Å². The van der Waals surface area contributed by atoms with Crippen LogP contribution >= 0.6 is 0 Å². The van der Waals surface area contributed by atoms with Gasteiger partial charge in [0.05, 0.1) is 13.2 Å². The molecule has 4 amide bonds. The summed E-state index contributed by atoms with van der Waals surface area (Å²) in [6.45, 7) is 11.0. The average molecular weight is 574 g/mol. The maximum absolute atomic E-state index is 13.8. The van der Waals surface area contributed by atoms with Gasteiger partial charge in [0.25, 0.3) is 5.91 Å². The van der Waals surface area contributed by atoms with E-state index in [0.717, 1.165) is 25.1 Å². The molecule has 0 radical (unpaired) electrons. The zero-order valence-corrected chi connectivity index (χ0v) is 25.2. The van der Waals surface area contributed by atoms with E-state index in [-0.39, 0.29) is 50.5 Å². The molecule has 2 atom stereocenters. The Balaban J connectivity index is 1.89. The van der Waals surface area contributed by atoms with Gasteiger partial charge in [-0.2, -0.15) is 0 Å². The molecule has 2 N–H and O–H groups in total. The first-order chi connectivity index (χ1) is 19.6. The van der Waals surface area contributed by atoms with Gasteiger partial charge in [0, 0.05) is 52.3 Å². The average Bonchev–Trinajstić information content (AvgIpc) is 3.19. The molecule has 11 nitrogen and oxygen atoms in total. The molecule has 3 aliphatic rings. The fraction of sp³-hybridized carbons (Fsp3) is 0.667. The Labute approximate surface area is 243 Å². The molecule has 228 valence electrons. The third-order valence-corrected chi connectivity index (χ3v) is 7.49. The van der Waals surface area contributed by atoms with Crippen LogP contribution in [0.25, 0.3) is 0 Å². The maximum atomic E-state index is 13.8. The summed E-state index contributed by atoms with van der Waals surface area (Å²) in [7, 11) is 1.52. The molecule has 1 saturated heterocycles. The molecule has 3 aliphatic heterocycles. The van der Waals surface area contributed by atoms with Gasteiger partial charge in [0.15, 0.2) is 6.61 Å². The highest BCUT2D eigenvalue weighted by Gasteiger charge is 2.32. The molecule has 1 aromatic carbocycles. The molecule has 41 heavy (non-hydrogen) atoms. The van der Waals surface area contributed by atoms with Crippen LogP contribution in [0.1, 0.15) is 46.1 Å². The van der Waals surface area contributed by atoms with Crippen molar-refractivity contribution in [3.05, 3.63) is 29.8 Å². The van der Waals surface area contributed by atoms with Crippen molar-refractivity contribution in [2.45, 2.75) is 65.1 Å². The van der Waals surface area contributed by atoms with Crippen molar-refractivity contribution in [2.75, 3.05) is 59.6 Å². The smallest absolute Gasteiger partial charge is 0.258 e. The van der Waals surface area contributed by atoms with Crippen molar-refractivity contribution in [3.8, 4) is 5.75 Å². The lowest BCUT2D eigenvalue weighted by atomic mass is 10.0. The van der Waals surface area contributed by atoms with Gasteiger partial charge in [0.2, 0.25) is 17.7 Å². The summed E-state index contributed by atoms with van der Waals surface area (Å²) in [5.41, 5.74) is 0.843. The second kappa shape index (κ2) is 15.7. The minimum absolute atomic E-state index is 0.114. The van der Waals surface area contributed by atoms with Crippen molar-refractivity contribution in [1.82, 2.24) is 25.3 Å². The topological polar surface area (TPSA) is 121 Å². The minimum Gasteiger partial charge on any atom is -0.484 e. The van der Waals surface area contributed by atoms with Gasteiger partial charge in [-0.15, -0.1) is 0 Å². The summed E-state index contributed by atoms with van der Waals surface area (Å²) in [6, 6.07) is 5.94. The van der Waals surface area contributed by atoms with Gasteiger partial charge in [-0.05, 0) is 50.3 Å². The molecule has 0 spiro atoms. The normalized spacial score (nSPS) is 22.0. The monoisotopic (exact) mass is 573 g/mol. The molecule has 1 unspecified atom stereocenters. The molecule has 2 bridgehead atoms. The van der Waals surface area contributed by atoms with E-state index in [1.165, 1.54) is 12.0 Å². The number of carbonyl (C=O) groups excluding carboxylic acids is 4. The fourth-order valence-corrected chi connectivity index (χ4v) is 5.23. The lowest BCUT2D eigenvalue weighted by molar-refractivity contribution is -0.142. The van der Waals surface area contributed by atoms with Crippen LogP contribution in [0, 0.1) is 5.92 Å². The Morgan fingerprint density at radius 2 is 1.73 bits per heavy atom. The summed E-state index contributed by atoms with van der Waals surface area (Å²) in [5, 5.41) is 5.72. The molecule has 4 rings (SSSR count). The van der Waals surface area contributed by atoms with Crippen molar-refractivity contribution in [2.24, 2.45) is 5.92 Å². The van der Waals surface area contributed by atoms with Crippen molar-refractivity contribution < 1.29 is 28.7 Å². The molecule has 0 aliphatic carbocycles. The van der Waals surface area contributed by atoms with E-state index < -0.39 is 23.9 Å². The van der Waals surface area contributed by atoms with Crippen LogP contribution in [0.3, 0.4) is 0 Å². The highest BCUT2D eigenvalue weighted by atomic mass is 16.5. The third-order valence-electron chi connectivity index (χ3n) is 7.49. The van der Waals surface area contributed by atoms with Crippen LogP contribution in [0.15, 0.2) is 24.3 Å². The van der Waals surface area contributed by atoms with E-state index in [2.05, 4.69) is 29.4 Å². The van der Waals surface area contributed by atoms with E-state index in [1.807, 2.05) is 30.9 Å². The number of benzene rings is 1. The lowest BCUT2D eigenvalue weighted by Crippen LogP contribution is -2.55. The Hall–Kier alpha value is -3.18. The van der Waals surface area contributed by atoms with Crippen molar-refractivity contribution in [1.29, 1.82) is 0 Å². The van der Waals surface area contributed by atoms with Crippen LogP contribution in [0.2, 0.25) is 0 Å². The van der Waals surface area contributed by atoms with Gasteiger partial charge in [-0.1, -0.05) is 26.0 Å². The number of carbonyl (C=O) groups is 4. The zero-order valence-electron chi connectivity index (χ0n) is 25.2. The number of methoxy groups -OCH3 is 1. The van der Waals surface area contributed by atoms with Gasteiger partial charge < -0.3 is 29.9 Å². The third kappa shape index (κ3) is 10.00. The van der Waals surface area contributed by atoms with Crippen molar-refractivity contribution >= 4 is 23.6 Å². The number of ether oxygens (including phenoxy) is 2. The first kappa shape index (κ1) is 32.3. The maximum Gasteiger partial charge on any atom is 0.258 e. The fourth-order valence-electron chi connectivity index (χ4n) is 5.23. The van der Waals surface area contributed by atoms with Gasteiger partial charge in [-0.25, -0.2) is 0 Å². The Kier molecular flexibility index (Phi) is 12.4. The van der Waals surface area contributed by atoms with Crippen LogP contribution in [-0.4, -0.2) is 116 Å². The highest BCUT2D eigenvalue weighted by Crippen LogP contribution is 2.16. The Morgan fingerprint density at radius 1 is 1.00 bits per heavy atom. The Bertz CT molecular complexity index is 1030. The van der Waals surface area contributed by atoms with E-state index in [1.54, 1.807) is 12.1 Å². The van der Waals surface area contributed by atoms with E-state index in [4.69, 9.17) is 9.47 Å². The van der Waals surface area contributed by atoms with E-state index in [9.17, 15) is 19.2 Å². The Morgan fingerprint density at radius 3 is 2.39 bits per heavy atom. The molecular weight excluding hydrogens is 526 g/mol. The standard InChI is InChI=1S/C30H47N5O6/c1-21(2)17-25-30(39)35(15-16-40-5)19-27(36)31-26(29(38)34-12-6-11-33(13-14-34)22(3)4)18-23-7-9-24(10-8-23)41-20-28(37)32-25/h7-10,21-22,25-26H,6,11-20H2,1-5H3,(H,31,36)(H,32,37)/t25-,26?/m0/s1. The highest BCUT2D eigenvalue weighted by molar-refractivity contribution is 5.93. The molecule has 3 heterocycles. The first-order valence-corrected chi connectivity index (χ1v) is 14.7. The first-order valence-electron chi connectivity index (χ1n) is 14.7. The summed E-state index contributed by atoms with van der Waals surface area (Å²) in [4.78, 5) is 59.1. The summed E-state index contributed by atoms with van der Waals surface area (Å²) in [6.07, 6.45) is 1.55. The lowest BCUT2D eigenvalue weighted by Gasteiger charge is -2.30. The number of nitrogens with zero attached hydrogens (tertiary/aromatic N) is 3. The zero-order chi connectivity index (χ0) is 29.9. The van der Waals surface area contributed by atoms with Crippen LogP contribution in [0.5, 0.6) is 5.75 Å². The quantitative estimate of drug-likeness (QED) is 0.468. The summed E-state index contributed by atoms with van der Waals surface area (Å²) >= 11 is 0. The molecule has 1 fully saturated rings. The predicted octanol–water partition coefficient (Wildman–Crippen LogP) is 1.05.